The van der Waals surface area contributed by atoms with E-state index in [2.05, 4.69) is 19.2 Å². The van der Waals surface area contributed by atoms with E-state index in [1.807, 2.05) is 57.2 Å². The fraction of sp³-hybridized carbons (Fsp3) is 0.333. The summed E-state index contributed by atoms with van der Waals surface area (Å²) in [5, 5.41) is 3.72. The van der Waals surface area contributed by atoms with Gasteiger partial charge in [-0.25, -0.2) is 0 Å². The molecule has 5 nitrogen and oxygen atoms in total. The van der Waals surface area contributed by atoms with Gasteiger partial charge in [-0.15, -0.1) is 0 Å². The first kappa shape index (κ1) is 21.9. The lowest BCUT2D eigenvalue weighted by Gasteiger charge is -2.19. The quantitative estimate of drug-likeness (QED) is 0.611. The minimum atomic E-state index is -0.346. The molecule has 0 aliphatic carbocycles. The highest BCUT2D eigenvalue weighted by atomic mass is 35.5. The number of rotatable bonds is 7. The van der Waals surface area contributed by atoms with Crippen LogP contribution in [0.5, 0.6) is 5.75 Å². The molecule has 2 aromatic rings. The number of nitrogens with zero attached hydrogens (tertiary/aromatic N) is 1. The maximum atomic E-state index is 13.1. The van der Waals surface area contributed by atoms with Gasteiger partial charge in [0.15, 0.2) is 0 Å². The summed E-state index contributed by atoms with van der Waals surface area (Å²) in [5.74, 6) is 0.483. The first-order chi connectivity index (χ1) is 14.2. The van der Waals surface area contributed by atoms with Crippen LogP contribution in [0.3, 0.4) is 0 Å². The van der Waals surface area contributed by atoms with Crippen LogP contribution in [0.4, 0.5) is 5.69 Å². The number of imide groups is 1. The van der Waals surface area contributed by atoms with E-state index in [0.29, 0.717) is 34.4 Å². The molecule has 0 saturated carbocycles. The van der Waals surface area contributed by atoms with Crippen molar-refractivity contribution in [2.24, 2.45) is 5.92 Å². The molecular formula is C24H27ClN2O3. The number of hydrogen-bond acceptors (Lipinski definition) is 4. The Hall–Kier alpha value is -2.79. The van der Waals surface area contributed by atoms with Crippen LogP contribution in [0.2, 0.25) is 5.02 Å². The number of carbonyl (C=O) groups is 2. The normalized spacial score (nSPS) is 14.3. The van der Waals surface area contributed by atoms with Crippen LogP contribution in [0, 0.1) is 12.8 Å². The summed E-state index contributed by atoms with van der Waals surface area (Å²) in [6, 6.07) is 12.5. The van der Waals surface area contributed by atoms with Gasteiger partial charge in [-0.3, -0.25) is 14.5 Å². The monoisotopic (exact) mass is 426 g/mol. The molecule has 0 atom stereocenters. The predicted octanol–water partition coefficient (Wildman–Crippen LogP) is 5.28. The van der Waals surface area contributed by atoms with E-state index in [4.69, 9.17) is 16.3 Å². The average Bonchev–Trinajstić information content (AvgIpc) is 2.93. The maximum absolute atomic E-state index is 13.1. The van der Waals surface area contributed by atoms with E-state index >= 15 is 0 Å². The molecule has 30 heavy (non-hydrogen) atoms. The van der Waals surface area contributed by atoms with Crippen molar-refractivity contribution >= 4 is 34.7 Å². The highest BCUT2D eigenvalue weighted by Crippen LogP contribution is 2.33. The van der Waals surface area contributed by atoms with Gasteiger partial charge in [0.2, 0.25) is 0 Å². The largest absolute Gasteiger partial charge is 0.493 e. The molecule has 1 heterocycles. The van der Waals surface area contributed by atoms with Crippen molar-refractivity contribution in [1.82, 2.24) is 4.90 Å². The van der Waals surface area contributed by atoms with Gasteiger partial charge in [0.05, 0.1) is 12.2 Å². The summed E-state index contributed by atoms with van der Waals surface area (Å²) < 4.78 is 5.73. The van der Waals surface area contributed by atoms with Crippen LogP contribution in [0.1, 0.15) is 38.8 Å². The number of benzene rings is 2. The SMILES string of the molecule is Cc1ccc(NC2=C(c3ccc(OCC(C)C)cc3)C(=O)N(C(C)C)C2=O)cc1Cl. The first-order valence-electron chi connectivity index (χ1n) is 10.1. The topological polar surface area (TPSA) is 58.6 Å². The molecule has 3 rings (SSSR count). The molecule has 0 spiro atoms. The van der Waals surface area contributed by atoms with E-state index in [1.54, 1.807) is 6.07 Å². The Bertz CT molecular complexity index is 994. The molecule has 0 unspecified atom stereocenters. The lowest BCUT2D eigenvalue weighted by molar-refractivity contribution is -0.138. The zero-order valence-electron chi connectivity index (χ0n) is 18.0. The second kappa shape index (κ2) is 8.92. The van der Waals surface area contributed by atoms with Gasteiger partial charge >= 0.3 is 0 Å². The van der Waals surface area contributed by atoms with Crippen LogP contribution in [0.25, 0.3) is 5.57 Å². The van der Waals surface area contributed by atoms with E-state index in [0.717, 1.165) is 11.3 Å². The van der Waals surface area contributed by atoms with Gasteiger partial charge in [-0.05, 0) is 62.1 Å². The molecule has 0 saturated heterocycles. The number of halogens is 1. The molecule has 0 bridgehead atoms. The Morgan fingerprint density at radius 3 is 2.23 bits per heavy atom. The third-order valence-corrected chi connectivity index (χ3v) is 5.21. The molecule has 1 aliphatic heterocycles. The van der Waals surface area contributed by atoms with Crippen molar-refractivity contribution in [3.63, 3.8) is 0 Å². The second-order valence-electron chi connectivity index (χ2n) is 8.14. The lowest BCUT2D eigenvalue weighted by atomic mass is 10.0. The Morgan fingerprint density at radius 1 is 1.00 bits per heavy atom. The van der Waals surface area contributed by atoms with Gasteiger partial charge in [0.1, 0.15) is 11.4 Å². The zero-order chi connectivity index (χ0) is 22.0. The molecule has 6 heteroatoms. The summed E-state index contributed by atoms with van der Waals surface area (Å²) in [7, 11) is 0. The minimum Gasteiger partial charge on any atom is -0.493 e. The van der Waals surface area contributed by atoms with Crippen molar-refractivity contribution in [1.29, 1.82) is 0 Å². The number of nitrogens with one attached hydrogen (secondary N) is 1. The van der Waals surface area contributed by atoms with Crippen molar-refractivity contribution in [3.8, 4) is 5.75 Å². The van der Waals surface area contributed by atoms with Crippen LogP contribution in [-0.4, -0.2) is 29.4 Å². The fourth-order valence-corrected chi connectivity index (χ4v) is 3.38. The van der Waals surface area contributed by atoms with E-state index in [-0.39, 0.29) is 23.6 Å². The third kappa shape index (κ3) is 4.51. The molecule has 2 amide bonds. The lowest BCUT2D eigenvalue weighted by Crippen LogP contribution is -2.38. The summed E-state index contributed by atoms with van der Waals surface area (Å²) in [6.07, 6.45) is 0. The highest BCUT2D eigenvalue weighted by Gasteiger charge is 2.40. The minimum absolute atomic E-state index is 0.254. The molecule has 1 aliphatic rings. The van der Waals surface area contributed by atoms with Crippen LogP contribution in [0.15, 0.2) is 48.2 Å². The van der Waals surface area contributed by atoms with Crippen molar-refractivity contribution < 1.29 is 14.3 Å². The predicted molar refractivity (Wildman–Crippen MR) is 120 cm³/mol. The number of carbonyl (C=O) groups excluding carboxylic acids is 2. The zero-order valence-corrected chi connectivity index (χ0v) is 18.7. The first-order valence-corrected chi connectivity index (χ1v) is 10.5. The summed E-state index contributed by atoms with van der Waals surface area (Å²) >= 11 is 6.23. The second-order valence-corrected chi connectivity index (χ2v) is 8.55. The van der Waals surface area contributed by atoms with Gasteiger partial charge in [0.25, 0.3) is 11.8 Å². The van der Waals surface area contributed by atoms with Gasteiger partial charge < -0.3 is 10.1 Å². The van der Waals surface area contributed by atoms with Crippen molar-refractivity contribution in [2.75, 3.05) is 11.9 Å². The molecule has 2 aromatic carbocycles. The maximum Gasteiger partial charge on any atom is 0.278 e. The smallest absolute Gasteiger partial charge is 0.278 e. The van der Waals surface area contributed by atoms with E-state index in [1.165, 1.54) is 4.90 Å². The Kier molecular flexibility index (Phi) is 6.52. The number of amides is 2. The third-order valence-electron chi connectivity index (χ3n) is 4.80. The van der Waals surface area contributed by atoms with Crippen molar-refractivity contribution in [2.45, 2.75) is 40.7 Å². The summed E-state index contributed by atoms with van der Waals surface area (Å²) in [6.45, 7) is 10.3. The van der Waals surface area contributed by atoms with Gasteiger partial charge in [-0.1, -0.05) is 43.6 Å². The van der Waals surface area contributed by atoms with Crippen LogP contribution < -0.4 is 10.1 Å². The number of hydrogen-bond donors (Lipinski definition) is 1. The fourth-order valence-electron chi connectivity index (χ4n) is 3.20. The van der Waals surface area contributed by atoms with Gasteiger partial charge in [-0.2, -0.15) is 0 Å². The van der Waals surface area contributed by atoms with Gasteiger partial charge in [0, 0.05) is 16.8 Å². The molecule has 0 fully saturated rings. The molecule has 0 aromatic heterocycles. The Balaban J connectivity index is 1.99. The number of anilines is 1. The van der Waals surface area contributed by atoms with E-state index < -0.39 is 0 Å². The molecule has 0 radical (unpaired) electrons. The number of aryl methyl sites for hydroxylation is 1. The van der Waals surface area contributed by atoms with Crippen LogP contribution >= 0.6 is 11.6 Å². The van der Waals surface area contributed by atoms with Crippen molar-refractivity contribution in [3.05, 3.63) is 64.3 Å². The van der Waals surface area contributed by atoms with Crippen LogP contribution in [-0.2, 0) is 9.59 Å². The molecular weight excluding hydrogens is 400 g/mol. The molecule has 1 N–H and O–H groups in total. The standard InChI is InChI=1S/C24H27ClN2O3/c1-14(2)13-30-19-10-7-17(8-11-19)21-22(24(29)27(15(3)4)23(21)28)26-18-9-6-16(5)20(25)12-18/h6-12,14-15,26H,13H2,1-5H3. The Morgan fingerprint density at radius 2 is 1.67 bits per heavy atom. The highest BCUT2D eigenvalue weighted by molar-refractivity contribution is 6.36. The number of ether oxygens (including phenoxy) is 1. The van der Waals surface area contributed by atoms with E-state index in [9.17, 15) is 9.59 Å². The summed E-state index contributed by atoms with van der Waals surface area (Å²) in [4.78, 5) is 27.5. The molecule has 158 valence electrons. The summed E-state index contributed by atoms with van der Waals surface area (Å²) in [5.41, 5.74) is 2.85. The average molecular weight is 427 g/mol. The Labute approximate surface area is 182 Å².